The number of ether oxygens (including phenoxy) is 1. The lowest BCUT2D eigenvalue weighted by Crippen LogP contribution is -2.02. The molecule has 6 heterocycles. The molecule has 2 fully saturated rings. The zero-order valence-electron chi connectivity index (χ0n) is 37.5. The molecule has 11 aromatic rings. The molecular weight excluding hydrogens is 831 g/mol. The fourth-order valence-electron chi connectivity index (χ4n) is 9.72. The Balaban J connectivity index is 0.000000121. The molecule has 2 aliphatic carbocycles. The van der Waals surface area contributed by atoms with Crippen molar-refractivity contribution in [3.05, 3.63) is 157 Å². The molecule has 12 heteroatoms. The standard InChI is InChI=1S/C23H21N5.C23H24N4O.C9H8N2/c1-2-6-15(5-1)22-27-20-17-7-3-4-8-18(17)26-23(21(20)28-22)25-16-10-9-14-11-12-24-19(14)13-16;1-28-17-12-10-15(11-13-17)14-24-23-21-20(18-8-4-5-9-19(18)25-23)26-22(27-21)16-6-2-3-7-16;10-8-5-6-11-9-4-2-1-3-7(8)9/h3-4,7-13,15,24H,1-2,5-6H2,(H,25,26)(H,27,28);4-5,8-13,16H,2-3,6-7,14H2,1H3,(H,24,25)(H,26,27);1-6H,(H2,10,11). The van der Waals surface area contributed by atoms with Crippen molar-refractivity contribution in [3.63, 3.8) is 0 Å². The number of methoxy groups -OCH3 is 1. The van der Waals surface area contributed by atoms with Crippen LogP contribution in [0.4, 0.5) is 23.0 Å². The number of pyridine rings is 3. The average Bonchev–Trinajstić information content (AvgIpc) is 4.24. The van der Waals surface area contributed by atoms with Gasteiger partial charge in [-0.05, 0) is 91.2 Å². The summed E-state index contributed by atoms with van der Waals surface area (Å²) >= 11 is 0. The summed E-state index contributed by atoms with van der Waals surface area (Å²) in [6.45, 7) is 0.697. The highest BCUT2D eigenvalue weighted by Gasteiger charge is 2.24. The number of rotatable bonds is 8. The fraction of sp³-hybridized carbons (Fsp3) is 0.218. The molecular formula is C55H53N11O. The molecule has 0 aliphatic heterocycles. The number of H-pyrrole nitrogens is 3. The van der Waals surface area contributed by atoms with Gasteiger partial charge in [0.05, 0.1) is 23.7 Å². The van der Waals surface area contributed by atoms with Crippen LogP contribution in [0.25, 0.3) is 65.7 Å². The molecule has 0 spiro atoms. The monoisotopic (exact) mass is 883 g/mol. The average molecular weight is 884 g/mol. The molecule has 5 aromatic carbocycles. The van der Waals surface area contributed by atoms with Crippen molar-refractivity contribution in [1.29, 1.82) is 0 Å². The van der Waals surface area contributed by atoms with Gasteiger partial charge in [0.25, 0.3) is 0 Å². The number of imidazole rings is 2. The Bertz CT molecular complexity index is 3480. The van der Waals surface area contributed by atoms with Gasteiger partial charge in [-0.1, -0.05) is 98.5 Å². The lowest BCUT2D eigenvalue weighted by atomic mass is 10.1. The third kappa shape index (κ3) is 8.65. The predicted octanol–water partition coefficient (Wildman–Crippen LogP) is 13.2. The van der Waals surface area contributed by atoms with Crippen LogP contribution >= 0.6 is 0 Å². The van der Waals surface area contributed by atoms with E-state index in [1.807, 2.05) is 60.8 Å². The third-order valence-corrected chi connectivity index (χ3v) is 13.3. The zero-order valence-corrected chi connectivity index (χ0v) is 37.5. The highest BCUT2D eigenvalue weighted by molar-refractivity contribution is 6.08. The molecule has 0 radical (unpaired) electrons. The maximum Gasteiger partial charge on any atom is 0.157 e. The summed E-state index contributed by atoms with van der Waals surface area (Å²) in [5, 5.41) is 11.5. The number of benzene rings is 5. The Hall–Kier alpha value is -7.99. The Morgan fingerprint density at radius 2 is 1.19 bits per heavy atom. The normalized spacial score (nSPS) is 14.2. The number of hydrogen-bond acceptors (Lipinski definition) is 9. The van der Waals surface area contributed by atoms with Crippen molar-refractivity contribution in [2.75, 3.05) is 23.5 Å². The van der Waals surface area contributed by atoms with Crippen LogP contribution in [0.3, 0.4) is 0 Å². The van der Waals surface area contributed by atoms with Crippen LogP contribution in [0, 0.1) is 0 Å². The minimum Gasteiger partial charge on any atom is -0.497 e. The van der Waals surface area contributed by atoms with E-state index in [4.69, 9.17) is 30.4 Å². The number of nitrogens with one attached hydrogen (secondary N) is 5. The molecule has 12 nitrogen and oxygen atoms in total. The molecule has 0 atom stereocenters. The number of fused-ring (bicyclic) bond motifs is 8. The Morgan fingerprint density at radius 1 is 0.612 bits per heavy atom. The second-order valence-electron chi connectivity index (χ2n) is 17.6. The second-order valence-corrected chi connectivity index (χ2v) is 17.6. The van der Waals surface area contributed by atoms with Crippen molar-refractivity contribution in [2.45, 2.75) is 69.7 Å². The van der Waals surface area contributed by atoms with Gasteiger partial charge in [0, 0.05) is 63.8 Å². The van der Waals surface area contributed by atoms with E-state index in [-0.39, 0.29) is 0 Å². The number of nitrogens with two attached hydrogens (primary N) is 1. The van der Waals surface area contributed by atoms with Crippen molar-refractivity contribution >= 4 is 88.7 Å². The molecule has 6 aromatic heterocycles. The first-order valence-corrected chi connectivity index (χ1v) is 23.4. The largest absolute Gasteiger partial charge is 0.497 e. The molecule has 334 valence electrons. The van der Waals surface area contributed by atoms with Gasteiger partial charge in [0.2, 0.25) is 0 Å². The van der Waals surface area contributed by atoms with Crippen molar-refractivity contribution < 1.29 is 4.74 Å². The molecule has 13 rings (SSSR count). The van der Waals surface area contributed by atoms with E-state index >= 15 is 0 Å². The zero-order chi connectivity index (χ0) is 45.1. The number of nitrogens with zero attached hydrogens (tertiary/aromatic N) is 5. The van der Waals surface area contributed by atoms with E-state index in [1.54, 1.807) is 13.3 Å². The smallest absolute Gasteiger partial charge is 0.157 e. The van der Waals surface area contributed by atoms with Crippen LogP contribution in [0.15, 0.2) is 140 Å². The number of aromatic amines is 3. The number of nitrogen functional groups attached to an aromatic ring is 1. The van der Waals surface area contributed by atoms with Crippen molar-refractivity contribution in [1.82, 2.24) is 39.9 Å². The molecule has 2 aliphatic rings. The Labute approximate surface area is 387 Å². The summed E-state index contributed by atoms with van der Waals surface area (Å²) in [5.41, 5.74) is 16.7. The van der Waals surface area contributed by atoms with Gasteiger partial charge >= 0.3 is 0 Å². The van der Waals surface area contributed by atoms with Gasteiger partial charge < -0.3 is 36.1 Å². The minimum absolute atomic E-state index is 0.536. The van der Waals surface area contributed by atoms with Gasteiger partial charge in [0.15, 0.2) is 11.6 Å². The first kappa shape index (κ1) is 41.7. The van der Waals surface area contributed by atoms with Crippen LogP contribution in [-0.2, 0) is 6.54 Å². The third-order valence-electron chi connectivity index (χ3n) is 13.3. The summed E-state index contributed by atoms with van der Waals surface area (Å²) < 4.78 is 5.24. The lowest BCUT2D eigenvalue weighted by Gasteiger charge is -2.09. The predicted molar refractivity (Wildman–Crippen MR) is 273 cm³/mol. The van der Waals surface area contributed by atoms with Crippen LogP contribution in [-0.4, -0.2) is 47.0 Å². The van der Waals surface area contributed by atoms with E-state index in [9.17, 15) is 0 Å². The highest BCUT2D eigenvalue weighted by atomic mass is 16.5. The van der Waals surface area contributed by atoms with E-state index in [2.05, 4.69) is 103 Å². The number of hydrogen-bond donors (Lipinski definition) is 6. The minimum atomic E-state index is 0.536. The Kier molecular flexibility index (Phi) is 11.5. The highest BCUT2D eigenvalue weighted by Crippen LogP contribution is 2.38. The van der Waals surface area contributed by atoms with Crippen LogP contribution in [0.2, 0.25) is 0 Å². The molecule has 2 saturated carbocycles. The van der Waals surface area contributed by atoms with Crippen LogP contribution in [0.5, 0.6) is 5.75 Å². The van der Waals surface area contributed by atoms with Gasteiger partial charge in [-0.15, -0.1) is 0 Å². The topological polar surface area (TPSA) is 171 Å². The maximum absolute atomic E-state index is 5.72. The lowest BCUT2D eigenvalue weighted by molar-refractivity contribution is 0.414. The summed E-state index contributed by atoms with van der Waals surface area (Å²) in [6, 6.07) is 42.6. The first-order chi connectivity index (χ1) is 33.0. The van der Waals surface area contributed by atoms with Gasteiger partial charge in [-0.3, -0.25) is 4.98 Å². The molecule has 67 heavy (non-hydrogen) atoms. The van der Waals surface area contributed by atoms with Gasteiger partial charge in [-0.2, -0.15) is 0 Å². The number of para-hydroxylation sites is 3. The second kappa shape index (κ2) is 18.5. The quantitative estimate of drug-likeness (QED) is 0.0869. The molecule has 7 N–H and O–H groups in total. The van der Waals surface area contributed by atoms with Crippen LogP contribution in [0.1, 0.15) is 80.4 Å². The van der Waals surface area contributed by atoms with Crippen molar-refractivity contribution in [3.8, 4) is 5.75 Å². The summed E-state index contributed by atoms with van der Waals surface area (Å²) in [7, 11) is 1.68. The number of anilines is 4. The SMILES string of the molecule is COc1ccc(CNc2nc3ccccc3c3nc(C4CCCC4)[nH]c23)cc1.Nc1ccnc2ccccc12.c1ccc2c(c1)nc(Nc1ccc3cc[nH]c3c1)c1[nH]c(C3CCCC3)nc12. The van der Waals surface area contributed by atoms with E-state index in [0.29, 0.717) is 18.4 Å². The molecule has 0 unspecified atom stereocenters. The fourth-order valence-corrected chi connectivity index (χ4v) is 9.72. The van der Waals surface area contributed by atoms with E-state index < -0.39 is 0 Å². The van der Waals surface area contributed by atoms with Gasteiger partial charge in [-0.25, -0.2) is 19.9 Å². The van der Waals surface area contributed by atoms with E-state index in [0.717, 1.165) is 101 Å². The Morgan fingerprint density at radius 3 is 1.82 bits per heavy atom. The van der Waals surface area contributed by atoms with Crippen molar-refractivity contribution in [2.24, 2.45) is 0 Å². The van der Waals surface area contributed by atoms with E-state index in [1.165, 1.54) is 62.3 Å². The molecule has 0 amide bonds. The van der Waals surface area contributed by atoms with Crippen LogP contribution < -0.4 is 21.1 Å². The molecule has 0 saturated heterocycles. The summed E-state index contributed by atoms with van der Waals surface area (Å²) in [6.07, 6.45) is 13.7. The van der Waals surface area contributed by atoms with Gasteiger partial charge in [0.1, 0.15) is 39.5 Å². The first-order valence-electron chi connectivity index (χ1n) is 23.4. The maximum atomic E-state index is 5.72. The summed E-state index contributed by atoms with van der Waals surface area (Å²) in [4.78, 5) is 34.5. The number of aromatic nitrogens is 8. The molecule has 0 bridgehead atoms. The summed E-state index contributed by atoms with van der Waals surface area (Å²) in [5.74, 6) is 5.85.